The van der Waals surface area contributed by atoms with Crippen LogP contribution >= 0.6 is 0 Å². The highest BCUT2D eigenvalue weighted by molar-refractivity contribution is 5.79. The zero-order valence-corrected chi connectivity index (χ0v) is 19.0. The minimum atomic E-state index is -4.97. The maximum atomic E-state index is 13.2. The van der Waals surface area contributed by atoms with E-state index in [9.17, 15) is 35.9 Å². The smallest absolute Gasteiger partial charge is 0.375 e. The SMILES string of the molecule is O=C1CN(Cc2n[nH]c(=O)[nH]2)[C@@H](c2ccccc2)[C@@H](COCc2cc(C(F)(F)F)cc(C(F)(F)F)c2)N1. The summed E-state index contributed by atoms with van der Waals surface area (Å²) in [6.07, 6.45) is -9.95. The highest BCUT2D eigenvalue weighted by atomic mass is 19.4. The second kappa shape index (κ2) is 10.4. The predicted molar refractivity (Wildman–Crippen MR) is 117 cm³/mol. The van der Waals surface area contributed by atoms with Crippen molar-refractivity contribution in [2.24, 2.45) is 0 Å². The number of amides is 1. The van der Waals surface area contributed by atoms with Crippen LogP contribution in [0, 0.1) is 0 Å². The Morgan fingerprint density at radius 2 is 1.62 bits per heavy atom. The average Bonchev–Trinajstić information content (AvgIpc) is 3.22. The Morgan fingerprint density at radius 3 is 2.19 bits per heavy atom. The lowest BCUT2D eigenvalue weighted by Crippen LogP contribution is -2.57. The molecule has 1 saturated heterocycles. The minimum absolute atomic E-state index is 0.0481. The van der Waals surface area contributed by atoms with E-state index >= 15 is 0 Å². The lowest BCUT2D eigenvalue weighted by molar-refractivity contribution is -0.143. The van der Waals surface area contributed by atoms with Crippen molar-refractivity contribution in [3.63, 3.8) is 0 Å². The Labute approximate surface area is 205 Å². The van der Waals surface area contributed by atoms with Gasteiger partial charge in [0.2, 0.25) is 5.91 Å². The van der Waals surface area contributed by atoms with Gasteiger partial charge in [-0.1, -0.05) is 30.3 Å². The molecule has 4 rings (SSSR count). The van der Waals surface area contributed by atoms with Crippen LogP contribution < -0.4 is 11.0 Å². The third-order valence-corrected chi connectivity index (χ3v) is 5.73. The minimum Gasteiger partial charge on any atom is -0.375 e. The van der Waals surface area contributed by atoms with E-state index in [-0.39, 0.29) is 43.1 Å². The molecule has 37 heavy (non-hydrogen) atoms. The van der Waals surface area contributed by atoms with Crippen molar-refractivity contribution in [3.05, 3.63) is 87.1 Å². The molecule has 8 nitrogen and oxygen atoms in total. The van der Waals surface area contributed by atoms with Crippen molar-refractivity contribution in [2.45, 2.75) is 37.6 Å². The summed E-state index contributed by atoms with van der Waals surface area (Å²) in [5.74, 6) is -0.0963. The molecule has 3 aromatic rings. The number of aromatic nitrogens is 3. The van der Waals surface area contributed by atoms with Gasteiger partial charge in [0.25, 0.3) is 0 Å². The van der Waals surface area contributed by atoms with Gasteiger partial charge in [-0.25, -0.2) is 9.89 Å². The average molecular weight is 529 g/mol. The van der Waals surface area contributed by atoms with Crippen LogP contribution in [0.2, 0.25) is 0 Å². The highest BCUT2D eigenvalue weighted by Gasteiger charge is 2.38. The fraction of sp³-hybridized carbons (Fsp3) is 0.348. The molecule has 0 spiro atoms. The molecule has 14 heteroatoms. The molecule has 1 amide bonds. The van der Waals surface area contributed by atoms with Gasteiger partial charge in [0.1, 0.15) is 5.82 Å². The largest absolute Gasteiger partial charge is 0.416 e. The molecular weight excluding hydrogens is 508 g/mol. The Kier molecular flexibility index (Phi) is 7.41. The molecule has 1 aliphatic heterocycles. The summed E-state index contributed by atoms with van der Waals surface area (Å²) in [7, 11) is 0. The molecule has 1 aromatic heterocycles. The summed E-state index contributed by atoms with van der Waals surface area (Å²) in [5, 5.41) is 8.89. The van der Waals surface area contributed by atoms with Gasteiger partial charge < -0.3 is 10.1 Å². The third-order valence-electron chi connectivity index (χ3n) is 5.73. The van der Waals surface area contributed by atoms with Crippen molar-refractivity contribution in [2.75, 3.05) is 13.2 Å². The molecule has 0 aliphatic carbocycles. The van der Waals surface area contributed by atoms with Crippen LogP contribution in [0.5, 0.6) is 0 Å². The van der Waals surface area contributed by atoms with E-state index in [1.54, 1.807) is 35.2 Å². The first kappa shape index (κ1) is 26.4. The van der Waals surface area contributed by atoms with E-state index in [2.05, 4.69) is 20.5 Å². The van der Waals surface area contributed by atoms with Gasteiger partial charge in [0.05, 0.1) is 49.5 Å². The Balaban J connectivity index is 1.55. The molecule has 2 atom stereocenters. The summed E-state index contributed by atoms with van der Waals surface area (Å²) in [6.45, 7) is -0.720. The van der Waals surface area contributed by atoms with E-state index < -0.39 is 47.9 Å². The quantitative estimate of drug-likeness (QED) is 0.408. The molecule has 1 aliphatic rings. The molecule has 0 unspecified atom stereocenters. The van der Waals surface area contributed by atoms with Gasteiger partial charge in [0, 0.05) is 0 Å². The van der Waals surface area contributed by atoms with Crippen LogP contribution in [-0.4, -0.2) is 45.2 Å². The Morgan fingerprint density at radius 1 is 0.973 bits per heavy atom. The monoisotopic (exact) mass is 529 g/mol. The van der Waals surface area contributed by atoms with E-state index in [0.29, 0.717) is 12.1 Å². The van der Waals surface area contributed by atoms with Crippen molar-refractivity contribution in [1.82, 2.24) is 25.4 Å². The zero-order valence-electron chi connectivity index (χ0n) is 19.0. The fourth-order valence-corrected chi connectivity index (χ4v) is 4.23. The van der Waals surface area contributed by atoms with Crippen molar-refractivity contribution >= 4 is 5.91 Å². The van der Waals surface area contributed by atoms with Gasteiger partial charge in [-0.05, 0) is 29.3 Å². The predicted octanol–water partition coefficient (Wildman–Crippen LogP) is 3.39. The standard InChI is InChI=1S/C23H21F6N5O3/c24-22(25,26)15-6-13(7-16(8-15)23(27,28)29)11-37-12-17-20(14-4-2-1-3-5-14)34(10-19(35)30-17)9-18-31-21(36)33-32-18/h1-8,17,20H,9-12H2,(H,30,35)(H2,31,32,33,36)/t17-,20+/m1/s1. The fourth-order valence-electron chi connectivity index (χ4n) is 4.23. The maximum absolute atomic E-state index is 13.2. The number of hydrogen-bond acceptors (Lipinski definition) is 5. The molecule has 2 heterocycles. The van der Waals surface area contributed by atoms with E-state index in [4.69, 9.17) is 4.74 Å². The second-order valence-corrected chi connectivity index (χ2v) is 8.49. The first-order valence-corrected chi connectivity index (χ1v) is 11.0. The number of piperazine rings is 1. The summed E-state index contributed by atoms with van der Waals surface area (Å²) in [4.78, 5) is 28.1. The van der Waals surface area contributed by atoms with Crippen molar-refractivity contribution < 1.29 is 35.9 Å². The van der Waals surface area contributed by atoms with Crippen molar-refractivity contribution in [3.8, 4) is 0 Å². The van der Waals surface area contributed by atoms with Crippen LogP contribution in [0.3, 0.4) is 0 Å². The van der Waals surface area contributed by atoms with Crippen LogP contribution in [0.1, 0.15) is 34.1 Å². The Hall–Kier alpha value is -3.65. The molecule has 3 N–H and O–H groups in total. The van der Waals surface area contributed by atoms with Gasteiger partial charge >= 0.3 is 18.0 Å². The molecule has 0 bridgehead atoms. The highest BCUT2D eigenvalue weighted by Crippen LogP contribution is 2.36. The van der Waals surface area contributed by atoms with Gasteiger partial charge in [-0.3, -0.25) is 14.7 Å². The van der Waals surface area contributed by atoms with Crippen LogP contribution in [0.25, 0.3) is 0 Å². The van der Waals surface area contributed by atoms with Gasteiger partial charge in [-0.2, -0.15) is 31.4 Å². The molecule has 0 radical (unpaired) electrons. The molecule has 1 fully saturated rings. The lowest BCUT2D eigenvalue weighted by Gasteiger charge is -2.41. The zero-order chi connectivity index (χ0) is 26.8. The number of rotatable bonds is 7. The number of nitrogens with one attached hydrogen (secondary N) is 3. The number of benzene rings is 2. The maximum Gasteiger partial charge on any atom is 0.416 e. The van der Waals surface area contributed by atoms with Crippen LogP contribution in [-0.2, 0) is 35.0 Å². The normalized spacial score (nSPS) is 19.1. The first-order valence-electron chi connectivity index (χ1n) is 11.0. The van der Waals surface area contributed by atoms with Crippen molar-refractivity contribution in [1.29, 1.82) is 0 Å². The molecule has 2 aromatic carbocycles. The topological polar surface area (TPSA) is 103 Å². The van der Waals surface area contributed by atoms with E-state index in [1.165, 1.54) is 0 Å². The lowest BCUT2D eigenvalue weighted by atomic mass is 9.95. The Bertz CT molecular complexity index is 1260. The first-order chi connectivity index (χ1) is 17.4. The number of carbonyl (C=O) groups excluding carboxylic acids is 1. The van der Waals surface area contributed by atoms with E-state index in [1.807, 2.05) is 0 Å². The summed E-state index contributed by atoms with van der Waals surface area (Å²) >= 11 is 0. The third kappa shape index (κ3) is 6.57. The number of aromatic amines is 2. The number of hydrogen-bond donors (Lipinski definition) is 3. The van der Waals surface area contributed by atoms with Gasteiger partial charge in [0.15, 0.2) is 0 Å². The summed E-state index contributed by atoms with van der Waals surface area (Å²) in [5.41, 5.74) is -2.94. The van der Waals surface area contributed by atoms with Crippen LogP contribution in [0.4, 0.5) is 26.3 Å². The number of carbonyl (C=O) groups is 1. The number of nitrogens with zero attached hydrogens (tertiary/aromatic N) is 2. The second-order valence-electron chi connectivity index (χ2n) is 8.49. The molecule has 198 valence electrons. The van der Waals surface area contributed by atoms with E-state index in [0.717, 1.165) is 5.56 Å². The molecular formula is C23H21F6N5O3. The van der Waals surface area contributed by atoms with Gasteiger partial charge in [-0.15, -0.1) is 0 Å². The summed E-state index contributed by atoms with van der Waals surface area (Å²) < 4.78 is 84.5. The molecule has 0 saturated carbocycles. The number of ether oxygens (including phenoxy) is 1. The number of alkyl halides is 6. The number of H-pyrrole nitrogens is 2. The van der Waals surface area contributed by atoms with Crippen LogP contribution in [0.15, 0.2) is 53.3 Å². The summed E-state index contributed by atoms with van der Waals surface area (Å²) in [6, 6.07) is 9.00. The number of halogens is 6.